The number of hydrogen-bond donors (Lipinski definition) is 1. The molecule has 0 aromatic heterocycles. The smallest absolute Gasteiger partial charge is 0.277 e. The van der Waals surface area contributed by atoms with E-state index in [9.17, 15) is 4.79 Å². The number of rotatable bonds is 6. The third kappa shape index (κ3) is 5.35. The Morgan fingerprint density at radius 1 is 0.964 bits per heavy atom. The Bertz CT molecular complexity index is 987. The predicted molar refractivity (Wildman–Crippen MR) is 114 cm³/mol. The van der Waals surface area contributed by atoms with E-state index in [0.717, 1.165) is 16.7 Å². The number of benzene rings is 3. The van der Waals surface area contributed by atoms with E-state index in [-0.39, 0.29) is 12.5 Å². The molecule has 0 aliphatic rings. The highest BCUT2D eigenvalue weighted by molar-refractivity contribution is 6.35. The zero-order valence-corrected chi connectivity index (χ0v) is 16.7. The van der Waals surface area contributed by atoms with Gasteiger partial charge in [0.25, 0.3) is 5.91 Å². The molecule has 0 fully saturated rings. The summed E-state index contributed by atoms with van der Waals surface area (Å²) >= 11 is 11.8. The maximum absolute atomic E-state index is 12.0. The van der Waals surface area contributed by atoms with Crippen LogP contribution in [-0.2, 0) is 4.79 Å². The van der Waals surface area contributed by atoms with E-state index in [1.165, 1.54) is 0 Å². The molecule has 0 unspecified atom stereocenters. The van der Waals surface area contributed by atoms with Gasteiger partial charge in [0.2, 0.25) is 0 Å². The van der Waals surface area contributed by atoms with Crippen molar-refractivity contribution in [3.8, 4) is 16.9 Å². The van der Waals surface area contributed by atoms with Gasteiger partial charge in [0.1, 0.15) is 5.75 Å². The molecule has 0 heterocycles. The Morgan fingerprint density at radius 3 is 2.32 bits per heavy atom. The van der Waals surface area contributed by atoms with Gasteiger partial charge in [-0.05, 0) is 41.8 Å². The number of carbonyl (C=O) groups is 1. The maximum atomic E-state index is 12.0. The zero-order valence-electron chi connectivity index (χ0n) is 15.2. The number of ether oxygens (including phenoxy) is 1. The van der Waals surface area contributed by atoms with Crippen molar-refractivity contribution in [2.75, 3.05) is 6.61 Å². The van der Waals surface area contributed by atoms with Crippen molar-refractivity contribution < 1.29 is 9.53 Å². The summed E-state index contributed by atoms with van der Waals surface area (Å²) in [6.45, 7) is 1.62. The van der Waals surface area contributed by atoms with Crippen LogP contribution in [0.25, 0.3) is 11.1 Å². The molecular formula is C22H18Cl2N2O2. The largest absolute Gasteiger partial charge is 0.482 e. The van der Waals surface area contributed by atoms with Crippen molar-refractivity contribution in [3.05, 3.63) is 88.4 Å². The average molecular weight is 413 g/mol. The van der Waals surface area contributed by atoms with Crippen LogP contribution in [0.15, 0.2) is 77.9 Å². The lowest BCUT2D eigenvalue weighted by Gasteiger charge is -2.08. The third-order valence-electron chi connectivity index (χ3n) is 4.01. The minimum atomic E-state index is -0.383. The third-order valence-corrected chi connectivity index (χ3v) is 4.54. The van der Waals surface area contributed by atoms with E-state index in [1.807, 2.05) is 49.4 Å². The first kappa shape index (κ1) is 19.9. The molecule has 1 amide bonds. The van der Waals surface area contributed by atoms with Crippen molar-refractivity contribution >= 4 is 34.8 Å². The van der Waals surface area contributed by atoms with Gasteiger partial charge in [-0.1, -0.05) is 77.8 Å². The lowest BCUT2D eigenvalue weighted by Crippen LogP contribution is -2.25. The number of halogens is 2. The average Bonchev–Trinajstić information content (AvgIpc) is 2.72. The van der Waals surface area contributed by atoms with Crippen LogP contribution >= 0.6 is 23.2 Å². The Kier molecular flexibility index (Phi) is 6.69. The summed E-state index contributed by atoms with van der Waals surface area (Å²) in [4.78, 5) is 12.0. The van der Waals surface area contributed by atoms with Crippen LogP contribution < -0.4 is 10.2 Å². The number of nitrogens with zero attached hydrogens (tertiary/aromatic N) is 1. The molecule has 0 aliphatic heterocycles. The summed E-state index contributed by atoms with van der Waals surface area (Å²) in [5.41, 5.74) is 6.36. The Labute approximate surface area is 173 Å². The summed E-state index contributed by atoms with van der Waals surface area (Å²) in [5.74, 6) is 0.00434. The number of carbonyl (C=O) groups excluding carboxylic acids is 1. The van der Waals surface area contributed by atoms with Gasteiger partial charge in [-0.15, -0.1) is 0 Å². The lowest BCUT2D eigenvalue weighted by atomic mass is 10.0. The van der Waals surface area contributed by atoms with Gasteiger partial charge in [-0.3, -0.25) is 4.79 Å². The van der Waals surface area contributed by atoms with Gasteiger partial charge >= 0.3 is 0 Å². The normalized spacial score (nSPS) is 11.2. The van der Waals surface area contributed by atoms with Crippen LogP contribution in [0.4, 0.5) is 0 Å². The Balaban J connectivity index is 1.56. The van der Waals surface area contributed by atoms with Crippen LogP contribution in [0.2, 0.25) is 10.0 Å². The molecule has 0 saturated carbocycles. The van der Waals surface area contributed by atoms with Gasteiger partial charge in [0, 0.05) is 5.02 Å². The van der Waals surface area contributed by atoms with Crippen LogP contribution in [0, 0.1) is 0 Å². The molecule has 3 rings (SSSR count). The van der Waals surface area contributed by atoms with Gasteiger partial charge in [-0.2, -0.15) is 5.10 Å². The Morgan fingerprint density at radius 2 is 1.64 bits per heavy atom. The van der Waals surface area contributed by atoms with E-state index >= 15 is 0 Å². The highest BCUT2D eigenvalue weighted by atomic mass is 35.5. The maximum Gasteiger partial charge on any atom is 0.277 e. The van der Waals surface area contributed by atoms with Crippen molar-refractivity contribution in [1.82, 2.24) is 5.43 Å². The van der Waals surface area contributed by atoms with Crippen molar-refractivity contribution in [2.45, 2.75) is 6.92 Å². The first-order chi connectivity index (χ1) is 13.5. The summed E-state index contributed by atoms with van der Waals surface area (Å²) in [6.07, 6.45) is 0. The predicted octanol–water partition coefficient (Wildman–Crippen LogP) is 5.58. The fourth-order valence-electron chi connectivity index (χ4n) is 2.51. The highest BCUT2D eigenvalue weighted by Crippen LogP contribution is 2.27. The molecule has 142 valence electrons. The summed E-state index contributed by atoms with van der Waals surface area (Å²) < 4.78 is 5.38. The molecule has 4 nitrogen and oxygen atoms in total. The molecular weight excluding hydrogens is 395 g/mol. The highest BCUT2D eigenvalue weighted by Gasteiger charge is 2.07. The second-order valence-corrected chi connectivity index (χ2v) is 6.88. The summed E-state index contributed by atoms with van der Waals surface area (Å²) in [5, 5.41) is 4.97. The van der Waals surface area contributed by atoms with Crippen molar-refractivity contribution in [3.63, 3.8) is 0 Å². The van der Waals surface area contributed by atoms with Crippen molar-refractivity contribution in [2.24, 2.45) is 5.10 Å². The van der Waals surface area contributed by atoms with Crippen LogP contribution in [0.1, 0.15) is 12.5 Å². The van der Waals surface area contributed by atoms with Gasteiger partial charge in [0.05, 0.1) is 10.7 Å². The lowest BCUT2D eigenvalue weighted by molar-refractivity contribution is -0.123. The molecule has 3 aromatic carbocycles. The first-order valence-electron chi connectivity index (χ1n) is 8.60. The second kappa shape index (κ2) is 9.40. The molecule has 0 radical (unpaired) electrons. The van der Waals surface area contributed by atoms with E-state index < -0.39 is 0 Å². The molecule has 28 heavy (non-hydrogen) atoms. The van der Waals surface area contributed by atoms with E-state index in [2.05, 4.69) is 22.7 Å². The molecule has 0 bridgehead atoms. The van der Waals surface area contributed by atoms with Crippen LogP contribution in [0.5, 0.6) is 5.75 Å². The van der Waals surface area contributed by atoms with E-state index in [1.54, 1.807) is 18.2 Å². The fourth-order valence-corrected chi connectivity index (χ4v) is 2.98. The number of amides is 1. The summed E-state index contributed by atoms with van der Waals surface area (Å²) in [6, 6.07) is 22.9. The van der Waals surface area contributed by atoms with Crippen molar-refractivity contribution in [1.29, 1.82) is 0 Å². The monoisotopic (exact) mass is 412 g/mol. The minimum Gasteiger partial charge on any atom is -0.482 e. The quantitative estimate of drug-likeness (QED) is 0.424. The summed E-state index contributed by atoms with van der Waals surface area (Å²) in [7, 11) is 0. The van der Waals surface area contributed by atoms with Crippen LogP contribution in [-0.4, -0.2) is 18.2 Å². The van der Waals surface area contributed by atoms with E-state index in [0.29, 0.717) is 21.5 Å². The SMILES string of the molecule is C/C(=N/NC(=O)COc1ccc(Cl)cc1Cl)c1ccc(-c2ccccc2)cc1. The topological polar surface area (TPSA) is 50.7 Å². The first-order valence-corrected chi connectivity index (χ1v) is 9.35. The number of hydrazone groups is 1. The van der Waals surface area contributed by atoms with Crippen LogP contribution in [0.3, 0.4) is 0 Å². The molecule has 1 N–H and O–H groups in total. The molecule has 0 saturated heterocycles. The number of hydrogen-bond acceptors (Lipinski definition) is 3. The standard InChI is InChI=1S/C22H18Cl2N2O2/c1-15(16-7-9-18(10-8-16)17-5-3-2-4-6-17)25-26-22(27)14-28-21-12-11-19(23)13-20(21)24/h2-13H,14H2,1H3,(H,26,27)/b25-15-. The second-order valence-electron chi connectivity index (χ2n) is 6.04. The van der Waals surface area contributed by atoms with Gasteiger partial charge < -0.3 is 4.74 Å². The van der Waals surface area contributed by atoms with Gasteiger partial charge in [0.15, 0.2) is 6.61 Å². The zero-order chi connectivity index (χ0) is 19.9. The number of nitrogens with one attached hydrogen (secondary N) is 1. The Hall–Kier alpha value is -2.82. The molecule has 3 aromatic rings. The molecule has 6 heteroatoms. The fraction of sp³-hybridized carbons (Fsp3) is 0.0909. The molecule has 0 aliphatic carbocycles. The molecule has 0 atom stereocenters. The minimum absolute atomic E-state index is 0.203. The van der Waals surface area contributed by atoms with Gasteiger partial charge in [-0.25, -0.2) is 5.43 Å². The molecule has 0 spiro atoms. The van der Waals surface area contributed by atoms with E-state index in [4.69, 9.17) is 27.9 Å².